The fourth-order valence-electron chi connectivity index (χ4n) is 3.30. The summed E-state index contributed by atoms with van der Waals surface area (Å²) in [4.78, 5) is 15.9. The maximum atomic E-state index is 13.5. The summed E-state index contributed by atoms with van der Waals surface area (Å²) in [7, 11) is -2.54. The van der Waals surface area contributed by atoms with Crippen LogP contribution in [-0.2, 0) is 31.4 Å². The Hall–Kier alpha value is -2.38. The first kappa shape index (κ1) is 22.3. The lowest BCUT2D eigenvalue weighted by Crippen LogP contribution is -2.17. The topological polar surface area (TPSA) is 78.3 Å². The number of hydrogen-bond donors (Lipinski definition) is 0. The Bertz CT molecular complexity index is 1180. The zero-order valence-corrected chi connectivity index (χ0v) is 19.0. The highest BCUT2D eigenvalue weighted by Gasteiger charge is 2.24. The van der Waals surface area contributed by atoms with Crippen molar-refractivity contribution in [1.82, 2.24) is 8.96 Å². The molecule has 0 amide bonds. The third-order valence-electron chi connectivity index (χ3n) is 4.95. The third-order valence-corrected chi connectivity index (χ3v) is 6.94. The van der Waals surface area contributed by atoms with Gasteiger partial charge in [0.05, 0.1) is 23.0 Å². The van der Waals surface area contributed by atoms with Crippen LogP contribution < -0.4 is 0 Å². The summed E-state index contributed by atoms with van der Waals surface area (Å²) in [5.41, 5.74) is 2.45. The Morgan fingerprint density at radius 1 is 1.13 bits per heavy atom. The van der Waals surface area contributed by atoms with Crippen LogP contribution in [0, 0.1) is 0 Å². The molecular formula is C22H25ClN2O4S. The molecule has 0 unspecified atom stereocenters. The molecule has 0 atom stereocenters. The molecule has 3 aromatic rings. The normalized spacial score (nSPS) is 12.3. The number of fused-ring (bicyclic) bond motifs is 1. The molecule has 0 N–H and O–H groups in total. The van der Waals surface area contributed by atoms with Crippen LogP contribution in [0.5, 0.6) is 0 Å². The molecule has 30 heavy (non-hydrogen) atoms. The highest BCUT2D eigenvalue weighted by atomic mass is 35.5. The van der Waals surface area contributed by atoms with E-state index in [0.29, 0.717) is 29.6 Å². The minimum Gasteiger partial charge on any atom is -0.469 e. The van der Waals surface area contributed by atoms with Gasteiger partial charge in [-0.1, -0.05) is 44.5 Å². The van der Waals surface area contributed by atoms with E-state index in [-0.39, 0.29) is 27.9 Å². The number of benzene rings is 1. The first-order valence-electron chi connectivity index (χ1n) is 9.64. The molecule has 160 valence electrons. The van der Waals surface area contributed by atoms with Crippen molar-refractivity contribution in [2.45, 2.75) is 50.3 Å². The van der Waals surface area contributed by atoms with Crippen molar-refractivity contribution in [3.63, 3.8) is 0 Å². The molecule has 0 spiro atoms. The van der Waals surface area contributed by atoms with E-state index in [1.807, 2.05) is 12.1 Å². The number of ether oxygens (including phenoxy) is 1. The number of methoxy groups -OCH3 is 1. The molecule has 0 saturated heterocycles. The number of aromatic nitrogens is 2. The van der Waals surface area contributed by atoms with Gasteiger partial charge in [-0.05, 0) is 54.2 Å². The average molecular weight is 449 g/mol. The van der Waals surface area contributed by atoms with E-state index in [1.165, 1.54) is 11.1 Å². The third kappa shape index (κ3) is 4.52. The van der Waals surface area contributed by atoms with Crippen LogP contribution in [0.4, 0.5) is 0 Å². The van der Waals surface area contributed by atoms with E-state index in [0.717, 1.165) is 5.56 Å². The van der Waals surface area contributed by atoms with Gasteiger partial charge in [0.25, 0.3) is 10.0 Å². The molecule has 0 aliphatic heterocycles. The van der Waals surface area contributed by atoms with Gasteiger partial charge in [0, 0.05) is 12.1 Å². The maximum Gasteiger partial charge on any atom is 0.305 e. The average Bonchev–Trinajstić information content (AvgIpc) is 3.05. The quantitative estimate of drug-likeness (QED) is 0.402. The van der Waals surface area contributed by atoms with Crippen LogP contribution >= 0.6 is 11.6 Å². The minimum atomic E-state index is -3.87. The number of rotatable bonds is 6. The Balaban J connectivity index is 2.07. The predicted molar refractivity (Wildman–Crippen MR) is 117 cm³/mol. The highest BCUT2D eigenvalue weighted by molar-refractivity contribution is 7.90. The van der Waals surface area contributed by atoms with E-state index in [1.54, 1.807) is 30.3 Å². The zero-order valence-electron chi connectivity index (χ0n) is 17.5. The van der Waals surface area contributed by atoms with Crippen molar-refractivity contribution in [2.75, 3.05) is 7.11 Å². The molecule has 8 heteroatoms. The van der Waals surface area contributed by atoms with Crippen molar-refractivity contribution in [3.8, 4) is 0 Å². The van der Waals surface area contributed by atoms with Crippen LogP contribution in [0.1, 0.15) is 44.9 Å². The predicted octanol–water partition coefficient (Wildman–Crippen LogP) is 4.72. The first-order chi connectivity index (χ1) is 14.0. The Morgan fingerprint density at radius 3 is 2.40 bits per heavy atom. The smallest absolute Gasteiger partial charge is 0.305 e. The zero-order chi connectivity index (χ0) is 22.1. The molecule has 2 aromatic heterocycles. The second-order valence-electron chi connectivity index (χ2n) is 8.15. The highest BCUT2D eigenvalue weighted by Crippen LogP contribution is 2.29. The summed E-state index contributed by atoms with van der Waals surface area (Å²) < 4.78 is 33.1. The van der Waals surface area contributed by atoms with Gasteiger partial charge in [0.1, 0.15) is 5.15 Å². The first-order valence-corrected chi connectivity index (χ1v) is 11.5. The van der Waals surface area contributed by atoms with Crippen molar-refractivity contribution in [2.24, 2.45) is 0 Å². The van der Waals surface area contributed by atoms with E-state index < -0.39 is 10.0 Å². The molecule has 0 fully saturated rings. The number of carbonyl (C=O) groups excluding carboxylic acids is 1. The van der Waals surface area contributed by atoms with Crippen molar-refractivity contribution in [3.05, 3.63) is 58.9 Å². The Kier molecular flexibility index (Phi) is 6.24. The van der Waals surface area contributed by atoms with Gasteiger partial charge in [0.2, 0.25) is 0 Å². The number of carbonyl (C=O) groups is 1. The van der Waals surface area contributed by atoms with E-state index in [4.69, 9.17) is 11.6 Å². The summed E-state index contributed by atoms with van der Waals surface area (Å²) in [6.07, 6.45) is 1.03. The second kappa shape index (κ2) is 8.40. The number of aryl methyl sites for hydroxylation is 1. The van der Waals surface area contributed by atoms with Gasteiger partial charge in [0.15, 0.2) is 0 Å². The van der Waals surface area contributed by atoms with E-state index in [2.05, 4.69) is 30.5 Å². The molecule has 0 bridgehead atoms. The van der Waals surface area contributed by atoms with E-state index in [9.17, 15) is 13.2 Å². The van der Waals surface area contributed by atoms with Gasteiger partial charge in [-0.2, -0.15) is 0 Å². The molecular weight excluding hydrogens is 424 g/mol. The van der Waals surface area contributed by atoms with Crippen LogP contribution in [-0.4, -0.2) is 30.5 Å². The van der Waals surface area contributed by atoms with Gasteiger partial charge in [-0.25, -0.2) is 17.4 Å². The minimum absolute atomic E-state index is 0.0812. The fourth-order valence-corrected chi connectivity index (χ4v) is 5.01. The Labute approximate surface area is 181 Å². The number of nitrogens with zero attached hydrogens (tertiary/aromatic N) is 2. The lowest BCUT2D eigenvalue weighted by Gasteiger charge is -2.19. The van der Waals surface area contributed by atoms with Crippen molar-refractivity contribution >= 4 is 38.6 Å². The lowest BCUT2D eigenvalue weighted by atomic mass is 9.87. The van der Waals surface area contributed by atoms with Gasteiger partial charge < -0.3 is 4.74 Å². The van der Waals surface area contributed by atoms with E-state index >= 15 is 0 Å². The number of hydrogen-bond acceptors (Lipinski definition) is 5. The Morgan fingerprint density at radius 2 is 1.80 bits per heavy atom. The molecule has 0 aliphatic carbocycles. The molecule has 1 aromatic carbocycles. The molecule has 0 saturated carbocycles. The molecule has 3 rings (SSSR count). The monoisotopic (exact) mass is 448 g/mol. The molecule has 0 aliphatic rings. The maximum absolute atomic E-state index is 13.5. The van der Waals surface area contributed by atoms with Gasteiger partial charge >= 0.3 is 5.97 Å². The summed E-state index contributed by atoms with van der Waals surface area (Å²) in [5.74, 6) is -0.334. The van der Waals surface area contributed by atoms with Crippen LogP contribution in [0.15, 0.2) is 47.4 Å². The SMILES string of the molecule is COC(=O)CCCc1cc2nc(Cl)ccc2n1S(=O)(=O)c1ccc(C(C)(C)C)cc1. The molecule has 2 heterocycles. The van der Waals surface area contributed by atoms with Crippen molar-refractivity contribution in [1.29, 1.82) is 0 Å². The van der Waals surface area contributed by atoms with Crippen LogP contribution in [0.25, 0.3) is 11.0 Å². The van der Waals surface area contributed by atoms with Gasteiger partial charge in [-0.3, -0.25) is 4.79 Å². The van der Waals surface area contributed by atoms with Crippen LogP contribution in [0.2, 0.25) is 5.15 Å². The summed E-state index contributed by atoms with van der Waals surface area (Å²) >= 11 is 6.01. The summed E-state index contributed by atoms with van der Waals surface area (Å²) in [6.45, 7) is 6.22. The van der Waals surface area contributed by atoms with Gasteiger partial charge in [-0.15, -0.1) is 0 Å². The number of esters is 1. The van der Waals surface area contributed by atoms with Crippen LogP contribution in [0.3, 0.4) is 0 Å². The standard InChI is InChI=1S/C22H25ClN2O4S/c1-22(2,3)15-8-10-17(11-9-15)30(27,28)25-16(6-5-7-21(26)29-4)14-18-19(25)12-13-20(23)24-18/h8-14H,5-7H2,1-4H3. The molecule has 6 nitrogen and oxygen atoms in total. The number of pyridine rings is 1. The lowest BCUT2D eigenvalue weighted by molar-refractivity contribution is -0.140. The summed E-state index contributed by atoms with van der Waals surface area (Å²) in [6, 6.07) is 11.9. The second-order valence-corrected chi connectivity index (χ2v) is 10.3. The fraction of sp³-hybridized carbons (Fsp3) is 0.364. The molecule has 0 radical (unpaired) electrons. The largest absolute Gasteiger partial charge is 0.469 e. The number of halogens is 1. The summed E-state index contributed by atoms with van der Waals surface area (Å²) in [5, 5.41) is 0.285. The van der Waals surface area contributed by atoms with Crippen molar-refractivity contribution < 1.29 is 17.9 Å².